The number of nitrogens with one attached hydrogen (secondary N) is 4. The van der Waals surface area contributed by atoms with E-state index in [9.17, 15) is 9.18 Å². The molecule has 1 aliphatic rings. The minimum absolute atomic E-state index is 0.161. The minimum Gasteiger partial charge on any atom is -0.379 e. The average molecular weight is 526 g/mol. The van der Waals surface area contributed by atoms with Crippen molar-refractivity contribution in [1.82, 2.24) is 15.5 Å². The number of ether oxygens (including phenoxy) is 1. The molecule has 1 unspecified atom stereocenters. The summed E-state index contributed by atoms with van der Waals surface area (Å²) in [6.07, 6.45) is 2.28. The second-order valence-electron chi connectivity index (χ2n) is 11.8. The summed E-state index contributed by atoms with van der Waals surface area (Å²) in [7, 11) is 0. The highest BCUT2D eigenvalue weighted by molar-refractivity contribution is 5.87. The molecule has 8 heteroatoms. The van der Waals surface area contributed by atoms with Gasteiger partial charge in [0.2, 0.25) is 0 Å². The predicted octanol–water partition coefficient (Wildman–Crippen LogP) is 6.09. The van der Waals surface area contributed by atoms with Crippen LogP contribution in [0.2, 0.25) is 0 Å². The first-order valence-corrected chi connectivity index (χ1v) is 13.5. The Kier molecular flexibility index (Phi) is 9.90. The van der Waals surface area contributed by atoms with E-state index in [1.54, 1.807) is 12.1 Å². The summed E-state index contributed by atoms with van der Waals surface area (Å²) in [6.45, 7) is 16.2. The van der Waals surface area contributed by atoms with Gasteiger partial charge >= 0.3 is 6.03 Å². The molecule has 0 radical (unpaired) electrons. The van der Waals surface area contributed by atoms with E-state index in [1.807, 2.05) is 19.9 Å². The van der Waals surface area contributed by atoms with Crippen molar-refractivity contribution in [1.29, 1.82) is 5.41 Å². The third kappa shape index (κ3) is 8.01. The van der Waals surface area contributed by atoms with Gasteiger partial charge in [-0.2, -0.15) is 0 Å². The lowest BCUT2D eigenvalue weighted by molar-refractivity contribution is -0.0178. The van der Waals surface area contributed by atoms with Gasteiger partial charge in [-0.3, -0.25) is 4.90 Å². The Bertz CT molecular complexity index is 1080. The Labute approximate surface area is 227 Å². The first-order chi connectivity index (χ1) is 17.9. The standard InChI is InChI=1S/C30H44FN5O2/c1-21(2)17-26(22-7-12-27(23(18-22)19-32)34-25-10-8-24(31)9-11-25)29(3,4)20-33-28(37)35-30(5,6)36-13-15-38-16-14-36/h7-12,18-19,21,26,32,34H,13-17,20H2,1-6H3,(H2,33,35,37). The highest BCUT2D eigenvalue weighted by atomic mass is 19.1. The van der Waals surface area contributed by atoms with Crippen LogP contribution in [-0.2, 0) is 4.74 Å². The Morgan fingerprint density at radius 2 is 1.76 bits per heavy atom. The lowest BCUT2D eigenvalue weighted by atomic mass is 9.71. The molecule has 1 fully saturated rings. The summed E-state index contributed by atoms with van der Waals surface area (Å²) in [6, 6.07) is 12.1. The van der Waals surface area contributed by atoms with Crippen molar-refractivity contribution in [2.24, 2.45) is 11.3 Å². The normalized spacial score (nSPS) is 15.7. The number of morpholine rings is 1. The number of urea groups is 1. The summed E-state index contributed by atoms with van der Waals surface area (Å²) >= 11 is 0. The zero-order valence-electron chi connectivity index (χ0n) is 23.7. The van der Waals surface area contributed by atoms with Gasteiger partial charge in [0, 0.05) is 42.8 Å². The van der Waals surface area contributed by atoms with Gasteiger partial charge in [-0.15, -0.1) is 0 Å². The van der Waals surface area contributed by atoms with Crippen LogP contribution in [0.3, 0.4) is 0 Å². The topological polar surface area (TPSA) is 89.5 Å². The number of amides is 2. The molecule has 2 aromatic carbocycles. The molecule has 0 bridgehead atoms. The van der Waals surface area contributed by atoms with Gasteiger partial charge in [-0.05, 0) is 79.5 Å². The lowest BCUT2D eigenvalue weighted by Gasteiger charge is -2.41. The molecule has 1 atom stereocenters. The fourth-order valence-corrected chi connectivity index (χ4v) is 5.05. The van der Waals surface area contributed by atoms with Crippen LogP contribution in [0.25, 0.3) is 0 Å². The molecule has 7 nitrogen and oxygen atoms in total. The number of benzene rings is 2. The van der Waals surface area contributed by atoms with Gasteiger partial charge in [-0.25, -0.2) is 9.18 Å². The Morgan fingerprint density at radius 3 is 2.37 bits per heavy atom. The predicted molar refractivity (Wildman–Crippen MR) is 153 cm³/mol. The molecular formula is C30H44FN5O2. The molecule has 1 heterocycles. The van der Waals surface area contributed by atoms with Crippen LogP contribution in [0.15, 0.2) is 42.5 Å². The zero-order chi connectivity index (χ0) is 27.9. The Morgan fingerprint density at radius 1 is 1.11 bits per heavy atom. The first-order valence-electron chi connectivity index (χ1n) is 13.5. The van der Waals surface area contributed by atoms with Crippen molar-refractivity contribution in [3.8, 4) is 0 Å². The third-order valence-corrected chi connectivity index (χ3v) is 7.33. The van der Waals surface area contributed by atoms with Gasteiger partial charge < -0.3 is 26.1 Å². The highest BCUT2D eigenvalue weighted by Crippen LogP contribution is 2.41. The van der Waals surface area contributed by atoms with Gasteiger partial charge in [0.05, 0.1) is 18.9 Å². The number of anilines is 2. The molecule has 0 saturated carbocycles. The van der Waals surface area contributed by atoms with Crippen molar-refractivity contribution in [3.63, 3.8) is 0 Å². The van der Waals surface area contributed by atoms with E-state index in [4.69, 9.17) is 10.1 Å². The van der Waals surface area contributed by atoms with Crippen LogP contribution in [0, 0.1) is 22.6 Å². The summed E-state index contributed by atoms with van der Waals surface area (Å²) in [4.78, 5) is 15.2. The van der Waals surface area contributed by atoms with Crippen LogP contribution in [0.5, 0.6) is 0 Å². The Hall–Kier alpha value is -2.97. The summed E-state index contributed by atoms with van der Waals surface area (Å²) in [5.41, 5.74) is 2.73. The fraction of sp³-hybridized carbons (Fsp3) is 0.533. The molecule has 0 aliphatic carbocycles. The number of carbonyl (C=O) groups excluding carboxylic acids is 1. The van der Waals surface area contributed by atoms with Gasteiger partial charge in [0.15, 0.2) is 0 Å². The molecule has 1 aliphatic heterocycles. The van der Waals surface area contributed by atoms with E-state index in [2.05, 4.69) is 60.7 Å². The maximum absolute atomic E-state index is 13.3. The minimum atomic E-state index is -0.471. The maximum atomic E-state index is 13.3. The highest BCUT2D eigenvalue weighted by Gasteiger charge is 2.34. The second-order valence-corrected chi connectivity index (χ2v) is 11.8. The second kappa shape index (κ2) is 12.7. The summed E-state index contributed by atoms with van der Waals surface area (Å²) in [5.74, 6) is 0.325. The molecule has 208 valence electrons. The van der Waals surface area contributed by atoms with E-state index in [-0.39, 0.29) is 23.2 Å². The molecule has 3 rings (SSSR count). The SMILES string of the molecule is CC(C)CC(c1ccc(Nc2ccc(F)cc2)c(C=N)c1)C(C)(C)CNC(=O)NC(C)(C)N1CCOCC1. The molecule has 0 aromatic heterocycles. The van der Waals surface area contributed by atoms with Crippen LogP contribution in [-0.4, -0.2) is 55.7 Å². The third-order valence-electron chi connectivity index (χ3n) is 7.33. The van der Waals surface area contributed by atoms with E-state index >= 15 is 0 Å². The van der Waals surface area contributed by atoms with Crippen molar-refractivity contribution in [2.75, 3.05) is 38.2 Å². The van der Waals surface area contributed by atoms with Crippen LogP contribution in [0.4, 0.5) is 20.6 Å². The quantitative estimate of drug-likeness (QED) is 0.267. The molecule has 1 saturated heterocycles. The number of nitrogens with zero attached hydrogens (tertiary/aromatic N) is 1. The molecular weight excluding hydrogens is 481 g/mol. The first kappa shape index (κ1) is 29.6. The van der Waals surface area contributed by atoms with Gasteiger partial charge in [0.25, 0.3) is 0 Å². The van der Waals surface area contributed by atoms with Crippen LogP contribution in [0.1, 0.15) is 65.0 Å². The average Bonchev–Trinajstić information content (AvgIpc) is 2.88. The van der Waals surface area contributed by atoms with Gasteiger partial charge in [-0.1, -0.05) is 33.8 Å². The fourth-order valence-electron chi connectivity index (χ4n) is 5.05. The number of halogens is 1. The number of carbonyl (C=O) groups is 1. The monoisotopic (exact) mass is 525 g/mol. The van der Waals surface area contributed by atoms with Crippen LogP contribution >= 0.6 is 0 Å². The smallest absolute Gasteiger partial charge is 0.316 e. The zero-order valence-corrected chi connectivity index (χ0v) is 23.7. The van der Waals surface area contributed by atoms with Crippen molar-refractivity contribution < 1.29 is 13.9 Å². The van der Waals surface area contributed by atoms with E-state index in [0.29, 0.717) is 25.7 Å². The van der Waals surface area contributed by atoms with Gasteiger partial charge in [0.1, 0.15) is 5.82 Å². The molecule has 2 amide bonds. The summed E-state index contributed by atoms with van der Waals surface area (Å²) < 4.78 is 18.8. The van der Waals surface area contributed by atoms with Crippen molar-refractivity contribution >= 4 is 23.6 Å². The van der Waals surface area contributed by atoms with Crippen molar-refractivity contribution in [3.05, 3.63) is 59.4 Å². The maximum Gasteiger partial charge on any atom is 0.316 e. The molecule has 0 spiro atoms. The summed E-state index contributed by atoms with van der Waals surface area (Å²) in [5, 5.41) is 17.6. The number of hydrogen-bond acceptors (Lipinski definition) is 5. The largest absolute Gasteiger partial charge is 0.379 e. The number of hydrogen-bond donors (Lipinski definition) is 4. The Balaban J connectivity index is 1.73. The van der Waals surface area contributed by atoms with Crippen molar-refractivity contribution in [2.45, 2.75) is 59.5 Å². The van der Waals surface area contributed by atoms with Crippen LogP contribution < -0.4 is 16.0 Å². The van der Waals surface area contributed by atoms with E-state index in [0.717, 1.165) is 42.0 Å². The number of rotatable bonds is 11. The van der Waals surface area contributed by atoms with E-state index < -0.39 is 5.66 Å². The van der Waals surface area contributed by atoms with E-state index in [1.165, 1.54) is 18.3 Å². The molecule has 38 heavy (non-hydrogen) atoms. The lowest BCUT2D eigenvalue weighted by Crippen LogP contribution is -2.61. The molecule has 4 N–H and O–H groups in total. The molecule has 2 aromatic rings.